The summed E-state index contributed by atoms with van der Waals surface area (Å²) in [4.78, 5) is 41.8. The molecule has 6 rings (SSSR count). The number of hydrogen-bond donors (Lipinski definition) is 1. The Bertz CT molecular complexity index is 1830. The fourth-order valence-electron chi connectivity index (χ4n) is 5.91. The molecular formula is C34H38Cl2N6O3S. The van der Waals surface area contributed by atoms with E-state index in [9.17, 15) is 9.59 Å². The molecule has 2 fully saturated rings. The monoisotopic (exact) mass is 680 g/mol. The lowest BCUT2D eigenvalue weighted by Gasteiger charge is -2.19. The van der Waals surface area contributed by atoms with Gasteiger partial charge in [-0.1, -0.05) is 42.9 Å². The maximum absolute atomic E-state index is 14.2. The number of amides is 1. The first-order chi connectivity index (χ1) is 22.1. The van der Waals surface area contributed by atoms with Crippen LogP contribution in [0.25, 0.3) is 22.2 Å². The molecular weight excluding hydrogens is 643 g/mol. The number of likely N-dealkylation sites (N-methyl/N-ethyl adjacent to an activating group) is 1. The lowest BCUT2D eigenvalue weighted by Crippen LogP contribution is -2.35. The smallest absolute Gasteiger partial charge is 0.260 e. The number of fused-ring (bicyclic) bond motifs is 1. The zero-order valence-electron chi connectivity index (χ0n) is 26.3. The van der Waals surface area contributed by atoms with Gasteiger partial charge < -0.3 is 19.9 Å². The Morgan fingerprint density at radius 2 is 1.80 bits per heavy atom. The maximum atomic E-state index is 14.2. The van der Waals surface area contributed by atoms with Crippen LogP contribution in [0, 0.1) is 0 Å². The summed E-state index contributed by atoms with van der Waals surface area (Å²) in [5.74, 6) is 5.23. The van der Waals surface area contributed by atoms with Gasteiger partial charge in [0, 0.05) is 53.9 Å². The number of anilines is 2. The average molecular weight is 682 g/mol. The van der Waals surface area contributed by atoms with E-state index in [1.165, 1.54) is 4.57 Å². The summed E-state index contributed by atoms with van der Waals surface area (Å²) < 4.78 is 7.52. The van der Waals surface area contributed by atoms with E-state index in [0.29, 0.717) is 50.9 Å². The summed E-state index contributed by atoms with van der Waals surface area (Å²) in [5, 5.41) is 4.81. The Hall–Kier alpha value is -3.44. The quantitative estimate of drug-likeness (QED) is 0.197. The van der Waals surface area contributed by atoms with E-state index >= 15 is 0 Å². The van der Waals surface area contributed by atoms with Crippen LogP contribution in [-0.4, -0.2) is 80.7 Å². The number of nitrogens with zero attached hydrogens (tertiary/aromatic N) is 5. The predicted molar refractivity (Wildman–Crippen MR) is 189 cm³/mol. The number of carbonyl (C=O) groups is 1. The molecule has 9 nitrogen and oxygen atoms in total. The van der Waals surface area contributed by atoms with Crippen LogP contribution in [0.1, 0.15) is 33.1 Å². The number of carbonyl (C=O) groups excluding carboxylic acids is 1. The molecule has 2 aliphatic heterocycles. The van der Waals surface area contributed by atoms with Crippen molar-refractivity contribution in [2.24, 2.45) is 0 Å². The second-order valence-electron chi connectivity index (χ2n) is 12.2. The summed E-state index contributed by atoms with van der Waals surface area (Å²) in [6.07, 6.45) is 4.72. The fraction of sp³-hybridized carbons (Fsp3) is 0.382. The largest absolute Gasteiger partial charge is 0.489 e. The van der Waals surface area contributed by atoms with E-state index in [1.54, 1.807) is 17.2 Å². The molecule has 0 spiro atoms. The molecule has 2 aromatic carbocycles. The van der Waals surface area contributed by atoms with Crippen molar-refractivity contribution in [1.82, 2.24) is 24.3 Å². The van der Waals surface area contributed by atoms with E-state index in [1.807, 2.05) is 36.4 Å². The molecule has 0 radical (unpaired) electrons. The molecule has 2 atom stereocenters. The molecule has 2 unspecified atom stereocenters. The SMILES string of the molecule is C=S(c1cc(Cl)c(-c2cc3cnc(Nc4ccc(OC5CCN(C)C5)cc4)nc3n(CC(=O)N3CCCC3)c2=O)c(Cl)c1)C(C)C. The number of hydrogen-bond acceptors (Lipinski definition) is 7. The minimum absolute atomic E-state index is 0.138. The van der Waals surface area contributed by atoms with E-state index < -0.39 is 5.56 Å². The third kappa shape index (κ3) is 6.95. The summed E-state index contributed by atoms with van der Waals surface area (Å²) in [7, 11) is 1.77. The lowest BCUT2D eigenvalue weighted by atomic mass is 10.1. The highest BCUT2D eigenvalue weighted by Gasteiger charge is 2.24. The van der Waals surface area contributed by atoms with Gasteiger partial charge in [-0.2, -0.15) is 15.5 Å². The van der Waals surface area contributed by atoms with Gasteiger partial charge >= 0.3 is 0 Å². The Morgan fingerprint density at radius 3 is 2.43 bits per heavy atom. The summed E-state index contributed by atoms with van der Waals surface area (Å²) in [6, 6.07) is 13.0. The van der Waals surface area contributed by atoms with Crippen molar-refractivity contribution in [2.45, 2.75) is 55.9 Å². The van der Waals surface area contributed by atoms with Crippen molar-refractivity contribution in [1.29, 1.82) is 0 Å². The highest BCUT2D eigenvalue weighted by Crippen LogP contribution is 2.40. The van der Waals surface area contributed by atoms with Crippen molar-refractivity contribution < 1.29 is 9.53 Å². The van der Waals surface area contributed by atoms with Crippen molar-refractivity contribution in [3.63, 3.8) is 0 Å². The summed E-state index contributed by atoms with van der Waals surface area (Å²) >= 11 is 13.6. The zero-order valence-corrected chi connectivity index (χ0v) is 28.6. The number of rotatable bonds is 9. The number of ether oxygens (including phenoxy) is 1. The highest BCUT2D eigenvalue weighted by atomic mass is 35.5. The Labute approximate surface area is 281 Å². The third-order valence-electron chi connectivity index (χ3n) is 8.50. The van der Waals surface area contributed by atoms with Crippen LogP contribution in [0.3, 0.4) is 0 Å². The third-order valence-corrected chi connectivity index (χ3v) is 11.1. The van der Waals surface area contributed by atoms with Crippen molar-refractivity contribution in [2.75, 3.05) is 38.5 Å². The number of aromatic nitrogens is 3. The molecule has 1 N–H and O–H groups in total. The van der Waals surface area contributed by atoms with Crippen LogP contribution in [0.5, 0.6) is 5.75 Å². The molecule has 4 heterocycles. The fourth-order valence-corrected chi connectivity index (χ4v) is 7.81. The molecule has 0 saturated carbocycles. The first kappa shape index (κ1) is 32.5. The standard InChI is InChI=1S/C34H38Cl2N6O3S/c1-21(2)46(4)26-16-28(35)31(29(36)17-26)27-15-22-18-37-34(38-23-7-9-24(10-8-23)45-25-11-14-40(3)19-25)39-32(22)42(33(27)44)20-30(43)41-12-5-6-13-41/h7-10,15-18,21,25H,4-6,11-14,19-20H2,1-3H3,(H,37,38,39). The van der Waals surface area contributed by atoms with E-state index in [0.717, 1.165) is 48.7 Å². The molecule has 242 valence electrons. The zero-order chi connectivity index (χ0) is 32.5. The molecule has 2 aromatic heterocycles. The Kier molecular flexibility index (Phi) is 9.70. The number of pyridine rings is 1. The number of likely N-dealkylation sites (tertiary alicyclic amines) is 2. The van der Waals surface area contributed by atoms with Crippen molar-refractivity contribution >= 4 is 68.1 Å². The van der Waals surface area contributed by atoms with Gasteiger partial charge in [-0.25, -0.2) is 4.98 Å². The van der Waals surface area contributed by atoms with Gasteiger partial charge in [0.05, 0.1) is 15.6 Å². The minimum Gasteiger partial charge on any atom is -0.489 e. The second-order valence-corrected chi connectivity index (χ2v) is 15.3. The van der Waals surface area contributed by atoms with E-state index in [-0.39, 0.29) is 34.6 Å². The maximum Gasteiger partial charge on any atom is 0.260 e. The Balaban J connectivity index is 1.36. The summed E-state index contributed by atoms with van der Waals surface area (Å²) in [5.41, 5.74) is 1.39. The molecule has 0 bridgehead atoms. The first-order valence-corrected chi connectivity index (χ1v) is 17.7. The van der Waals surface area contributed by atoms with Gasteiger partial charge in [-0.05, 0) is 74.0 Å². The molecule has 1 amide bonds. The topological polar surface area (TPSA) is 92.6 Å². The minimum atomic E-state index is -0.405. The number of halogens is 2. The lowest BCUT2D eigenvalue weighted by molar-refractivity contribution is -0.130. The molecule has 2 aliphatic rings. The Morgan fingerprint density at radius 1 is 1.11 bits per heavy atom. The second kappa shape index (κ2) is 13.7. The van der Waals surface area contributed by atoms with Gasteiger partial charge in [0.1, 0.15) is 24.0 Å². The van der Waals surface area contributed by atoms with Crippen molar-refractivity contribution in [3.05, 3.63) is 69.1 Å². The van der Waals surface area contributed by atoms with Crippen molar-refractivity contribution in [3.8, 4) is 16.9 Å². The van der Waals surface area contributed by atoms with Crippen LogP contribution in [0.4, 0.5) is 11.6 Å². The summed E-state index contributed by atoms with van der Waals surface area (Å²) in [6.45, 7) is 7.31. The van der Waals surface area contributed by atoms with Crippen LogP contribution >= 0.6 is 33.7 Å². The van der Waals surface area contributed by atoms with Crippen LogP contribution in [-0.2, 0) is 11.3 Å². The number of benzene rings is 2. The highest BCUT2D eigenvalue weighted by molar-refractivity contribution is 8.14. The van der Waals surface area contributed by atoms with E-state index in [4.69, 9.17) is 32.9 Å². The molecule has 12 heteroatoms. The molecule has 2 saturated heterocycles. The van der Waals surface area contributed by atoms with Crippen LogP contribution in [0.2, 0.25) is 10.0 Å². The van der Waals surface area contributed by atoms with Gasteiger partial charge in [-0.3, -0.25) is 14.2 Å². The van der Waals surface area contributed by atoms with Crippen LogP contribution < -0.4 is 15.6 Å². The normalized spacial score (nSPS) is 17.6. The number of nitrogens with one attached hydrogen (secondary N) is 1. The average Bonchev–Trinajstić information content (AvgIpc) is 3.71. The van der Waals surface area contributed by atoms with Gasteiger partial charge in [0.25, 0.3) is 5.56 Å². The van der Waals surface area contributed by atoms with Gasteiger partial charge in [-0.15, -0.1) is 0 Å². The van der Waals surface area contributed by atoms with Gasteiger partial charge in [0.2, 0.25) is 11.9 Å². The molecule has 46 heavy (non-hydrogen) atoms. The molecule has 4 aromatic rings. The van der Waals surface area contributed by atoms with E-state index in [2.05, 4.69) is 42.0 Å². The first-order valence-electron chi connectivity index (χ1n) is 15.5. The molecule has 0 aliphatic carbocycles. The van der Waals surface area contributed by atoms with Crippen LogP contribution in [0.15, 0.2) is 58.4 Å². The predicted octanol–water partition coefficient (Wildman–Crippen LogP) is 6.68. The van der Waals surface area contributed by atoms with Gasteiger partial charge in [0.15, 0.2) is 0 Å².